The lowest BCUT2D eigenvalue weighted by Gasteiger charge is -2.00. The Bertz CT molecular complexity index is 736. The molecule has 5 heteroatoms. The van der Waals surface area contributed by atoms with E-state index in [1.54, 1.807) is 6.20 Å². The zero-order valence-electron chi connectivity index (χ0n) is 9.61. The maximum Gasteiger partial charge on any atom is 0.178 e. The number of phenolic OH excluding ortho intramolecular Hbond substituents is 1. The van der Waals surface area contributed by atoms with Crippen LogP contribution in [-0.2, 0) is 0 Å². The summed E-state index contributed by atoms with van der Waals surface area (Å²) >= 11 is 0. The summed E-state index contributed by atoms with van der Waals surface area (Å²) in [6.45, 7) is 1.92. The molecule has 18 heavy (non-hydrogen) atoms. The number of hydrogen-bond donors (Lipinski definition) is 2. The van der Waals surface area contributed by atoms with Crippen LogP contribution in [0.1, 0.15) is 5.56 Å². The summed E-state index contributed by atoms with van der Waals surface area (Å²) in [7, 11) is 0. The molecule has 1 aromatic carbocycles. The molecule has 0 atom stereocenters. The van der Waals surface area contributed by atoms with Crippen molar-refractivity contribution >= 4 is 11.2 Å². The van der Waals surface area contributed by atoms with E-state index >= 15 is 0 Å². The molecule has 4 nitrogen and oxygen atoms in total. The van der Waals surface area contributed by atoms with Crippen LogP contribution in [0.25, 0.3) is 22.6 Å². The van der Waals surface area contributed by atoms with Gasteiger partial charge in [-0.05, 0) is 36.8 Å². The molecule has 3 aromatic rings. The summed E-state index contributed by atoms with van der Waals surface area (Å²) in [5, 5.41) is 9.72. The maximum absolute atomic E-state index is 13.2. The average molecular weight is 243 g/mol. The molecule has 2 N–H and O–H groups in total. The second kappa shape index (κ2) is 3.80. The van der Waals surface area contributed by atoms with Gasteiger partial charge in [0.2, 0.25) is 0 Å². The number of aromatic amines is 1. The van der Waals surface area contributed by atoms with Crippen molar-refractivity contribution in [2.45, 2.75) is 6.92 Å². The molecule has 3 rings (SSSR count). The van der Waals surface area contributed by atoms with Gasteiger partial charge in [-0.15, -0.1) is 0 Å². The Hall–Kier alpha value is -2.43. The van der Waals surface area contributed by atoms with E-state index in [0.29, 0.717) is 17.0 Å². The highest BCUT2D eigenvalue weighted by atomic mass is 19.1. The van der Waals surface area contributed by atoms with E-state index < -0.39 is 5.82 Å². The third-order valence-corrected chi connectivity index (χ3v) is 2.69. The Kier molecular flexibility index (Phi) is 2.26. The lowest BCUT2D eigenvalue weighted by Crippen LogP contribution is -1.83. The SMILES string of the molecule is Cc1cnc2nc(-c3cc(F)ccc3O)[nH]c2c1. The molecule has 0 aliphatic rings. The monoisotopic (exact) mass is 243 g/mol. The summed E-state index contributed by atoms with van der Waals surface area (Å²) < 4.78 is 13.2. The molecule has 0 fully saturated rings. The molecule has 0 radical (unpaired) electrons. The number of phenols is 1. The number of imidazole rings is 1. The van der Waals surface area contributed by atoms with Gasteiger partial charge in [0.15, 0.2) is 5.65 Å². The highest BCUT2D eigenvalue weighted by Crippen LogP contribution is 2.28. The first kappa shape index (κ1) is 10.7. The van der Waals surface area contributed by atoms with Crippen LogP contribution in [0.3, 0.4) is 0 Å². The fourth-order valence-electron chi connectivity index (χ4n) is 1.83. The number of halogens is 1. The van der Waals surface area contributed by atoms with Gasteiger partial charge < -0.3 is 10.1 Å². The number of aryl methyl sites for hydroxylation is 1. The molecule has 2 heterocycles. The van der Waals surface area contributed by atoms with E-state index in [0.717, 1.165) is 11.1 Å². The van der Waals surface area contributed by atoms with Crippen molar-refractivity contribution in [2.24, 2.45) is 0 Å². The van der Waals surface area contributed by atoms with E-state index in [9.17, 15) is 9.50 Å². The number of nitrogens with one attached hydrogen (secondary N) is 1. The van der Waals surface area contributed by atoms with Crippen molar-refractivity contribution in [2.75, 3.05) is 0 Å². The molecule has 0 saturated heterocycles. The Labute approximate surface area is 102 Å². The summed E-state index contributed by atoms with van der Waals surface area (Å²) in [4.78, 5) is 11.4. The van der Waals surface area contributed by atoms with Gasteiger partial charge in [0.05, 0.1) is 11.1 Å². The highest BCUT2D eigenvalue weighted by Gasteiger charge is 2.11. The molecule has 0 unspecified atom stereocenters. The fourth-order valence-corrected chi connectivity index (χ4v) is 1.83. The van der Waals surface area contributed by atoms with Crippen LogP contribution in [0.2, 0.25) is 0 Å². The number of H-pyrrole nitrogens is 1. The second-order valence-electron chi connectivity index (χ2n) is 4.13. The van der Waals surface area contributed by atoms with Crippen LogP contribution in [0.4, 0.5) is 4.39 Å². The number of aromatic hydroxyl groups is 1. The minimum atomic E-state index is -0.424. The van der Waals surface area contributed by atoms with Gasteiger partial charge in [0, 0.05) is 6.20 Å². The van der Waals surface area contributed by atoms with E-state index in [1.807, 2.05) is 13.0 Å². The Balaban J connectivity index is 2.22. The third kappa shape index (κ3) is 1.69. The number of benzene rings is 1. The predicted octanol–water partition coefficient (Wildman–Crippen LogP) is 2.78. The first-order valence-electron chi connectivity index (χ1n) is 5.45. The normalized spacial score (nSPS) is 11.0. The van der Waals surface area contributed by atoms with Crippen molar-refractivity contribution in [1.29, 1.82) is 0 Å². The summed E-state index contributed by atoms with van der Waals surface area (Å²) in [5.41, 5.74) is 2.62. The van der Waals surface area contributed by atoms with Crippen molar-refractivity contribution in [3.05, 3.63) is 41.8 Å². The molecular weight excluding hydrogens is 233 g/mol. The minimum Gasteiger partial charge on any atom is -0.507 e. The van der Waals surface area contributed by atoms with Crippen molar-refractivity contribution in [3.63, 3.8) is 0 Å². The number of rotatable bonds is 1. The Morgan fingerprint density at radius 1 is 1.28 bits per heavy atom. The largest absolute Gasteiger partial charge is 0.507 e. The molecule has 0 amide bonds. The molecule has 0 aliphatic carbocycles. The minimum absolute atomic E-state index is 0.0211. The summed E-state index contributed by atoms with van der Waals surface area (Å²) in [6, 6.07) is 5.63. The first-order chi connectivity index (χ1) is 8.63. The third-order valence-electron chi connectivity index (χ3n) is 2.69. The average Bonchev–Trinajstić information content (AvgIpc) is 2.74. The van der Waals surface area contributed by atoms with Gasteiger partial charge in [0.25, 0.3) is 0 Å². The number of nitrogens with zero attached hydrogens (tertiary/aromatic N) is 2. The Morgan fingerprint density at radius 2 is 2.11 bits per heavy atom. The van der Waals surface area contributed by atoms with Crippen LogP contribution >= 0.6 is 0 Å². The molecule has 0 aliphatic heterocycles. The van der Waals surface area contributed by atoms with Crippen molar-refractivity contribution in [1.82, 2.24) is 15.0 Å². The van der Waals surface area contributed by atoms with Gasteiger partial charge in [0.1, 0.15) is 17.4 Å². The number of hydrogen-bond acceptors (Lipinski definition) is 3. The smallest absolute Gasteiger partial charge is 0.178 e. The molecule has 0 saturated carbocycles. The molecule has 2 aromatic heterocycles. The highest BCUT2D eigenvalue weighted by molar-refractivity contribution is 5.77. The predicted molar refractivity (Wildman–Crippen MR) is 65.7 cm³/mol. The van der Waals surface area contributed by atoms with Crippen LogP contribution in [0.5, 0.6) is 5.75 Å². The van der Waals surface area contributed by atoms with E-state index in [4.69, 9.17) is 0 Å². The standard InChI is InChI=1S/C13H10FN3O/c1-7-4-10-13(15-6-7)17-12(16-10)9-5-8(14)2-3-11(9)18/h2-6,18H,1H3,(H,15,16,17). The zero-order valence-corrected chi connectivity index (χ0v) is 9.61. The molecule has 90 valence electrons. The van der Waals surface area contributed by atoms with E-state index in [2.05, 4.69) is 15.0 Å². The van der Waals surface area contributed by atoms with Crippen LogP contribution in [0.15, 0.2) is 30.5 Å². The zero-order chi connectivity index (χ0) is 12.7. The first-order valence-corrected chi connectivity index (χ1v) is 5.45. The molecule has 0 bridgehead atoms. The van der Waals surface area contributed by atoms with Gasteiger partial charge >= 0.3 is 0 Å². The van der Waals surface area contributed by atoms with Gasteiger partial charge in [-0.25, -0.2) is 14.4 Å². The van der Waals surface area contributed by atoms with Crippen molar-refractivity contribution in [3.8, 4) is 17.1 Å². The second-order valence-corrected chi connectivity index (χ2v) is 4.13. The van der Waals surface area contributed by atoms with E-state index in [1.165, 1.54) is 18.2 Å². The molecule has 0 spiro atoms. The number of pyridine rings is 1. The molecular formula is C13H10FN3O. The van der Waals surface area contributed by atoms with Crippen LogP contribution in [-0.4, -0.2) is 20.1 Å². The van der Waals surface area contributed by atoms with Crippen molar-refractivity contribution < 1.29 is 9.50 Å². The van der Waals surface area contributed by atoms with E-state index in [-0.39, 0.29) is 5.75 Å². The maximum atomic E-state index is 13.2. The fraction of sp³-hybridized carbons (Fsp3) is 0.0769. The summed E-state index contributed by atoms with van der Waals surface area (Å²) in [6.07, 6.45) is 1.71. The quantitative estimate of drug-likeness (QED) is 0.690. The topological polar surface area (TPSA) is 61.8 Å². The lowest BCUT2D eigenvalue weighted by molar-refractivity contribution is 0.475. The van der Waals surface area contributed by atoms with Crippen LogP contribution in [0, 0.1) is 12.7 Å². The lowest BCUT2D eigenvalue weighted by atomic mass is 10.2. The Morgan fingerprint density at radius 3 is 2.94 bits per heavy atom. The number of aromatic nitrogens is 3. The van der Waals surface area contributed by atoms with Gasteiger partial charge in [-0.1, -0.05) is 0 Å². The van der Waals surface area contributed by atoms with Gasteiger partial charge in [-0.2, -0.15) is 0 Å². The van der Waals surface area contributed by atoms with Crippen LogP contribution < -0.4 is 0 Å². The summed E-state index contributed by atoms with van der Waals surface area (Å²) in [5.74, 6) is -0.0420. The van der Waals surface area contributed by atoms with Gasteiger partial charge in [-0.3, -0.25) is 0 Å². The number of fused-ring (bicyclic) bond motifs is 1.